The zero-order valence-electron chi connectivity index (χ0n) is 16.9. The number of thiazole rings is 1. The van der Waals surface area contributed by atoms with Crippen LogP contribution in [0, 0.1) is 0 Å². The van der Waals surface area contributed by atoms with Crippen LogP contribution in [0.5, 0.6) is 0 Å². The van der Waals surface area contributed by atoms with Crippen molar-refractivity contribution >= 4 is 44.3 Å². The van der Waals surface area contributed by atoms with Gasteiger partial charge in [0.15, 0.2) is 0 Å². The van der Waals surface area contributed by atoms with Gasteiger partial charge in [-0.1, -0.05) is 13.8 Å². The zero-order chi connectivity index (χ0) is 21.3. The molecule has 1 amide bonds. The predicted molar refractivity (Wildman–Crippen MR) is 122 cm³/mol. The molecule has 0 radical (unpaired) electrons. The maximum absolute atomic E-state index is 12.9. The minimum Gasteiger partial charge on any atom is -0.311 e. The van der Waals surface area contributed by atoms with Crippen LogP contribution in [0.2, 0.25) is 0 Å². The molecule has 1 aromatic carbocycles. The van der Waals surface area contributed by atoms with Crippen LogP contribution >= 0.6 is 22.7 Å². The Hall–Kier alpha value is -2.07. The fourth-order valence-electron chi connectivity index (χ4n) is 3.67. The molecule has 0 spiro atoms. The molecule has 0 N–H and O–H groups in total. The van der Waals surface area contributed by atoms with Gasteiger partial charge in [-0.25, -0.2) is 13.4 Å². The van der Waals surface area contributed by atoms with Crippen molar-refractivity contribution in [3.8, 4) is 10.6 Å². The molecule has 4 rings (SSSR count). The van der Waals surface area contributed by atoms with Crippen molar-refractivity contribution in [2.75, 3.05) is 24.5 Å². The lowest BCUT2D eigenvalue weighted by atomic mass is 10.2. The van der Waals surface area contributed by atoms with Gasteiger partial charge in [-0.15, -0.1) is 11.3 Å². The molecular weight excluding hydrogens is 438 g/mol. The normalized spacial score (nSPS) is 13.8. The molecule has 3 heterocycles. The van der Waals surface area contributed by atoms with E-state index in [4.69, 9.17) is 0 Å². The summed E-state index contributed by atoms with van der Waals surface area (Å²) in [6.45, 7) is 5.09. The van der Waals surface area contributed by atoms with Crippen molar-refractivity contribution in [3.05, 3.63) is 51.7 Å². The van der Waals surface area contributed by atoms with Crippen LogP contribution in [0.15, 0.2) is 45.3 Å². The van der Waals surface area contributed by atoms with Gasteiger partial charge in [0.1, 0.15) is 5.01 Å². The lowest BCUT2D eigenvalue weighted by Crippen LogP contribution is -2.31. The number of hydrogen-bond donors (Lipinski definition) is 0. The van der Waals surface area contributed by atoms with Crippen molar-refractivity contribution in [2.24, 2.45) is 0 Å². The molecule has 30 heavy (non-hydrogen) atoms. The van der Waals surface area contributed by atoms with Gasteiger partial charge in [0.25, 0.3) is 0 Å². The second kappa shape index (κ2) is 8.58. The molecule has 3 aromatic rings. The third-order valence-electron chi connectivity index (χ3n) is 5.24. The van der Waals surface area contributed by atoms with E-state index in [1.165, 1.54) is 4.31 Å². The largest absolute Gasteiger partial charge is 0.311 e. The van der Waals surface area contributed by atoms with Gasteiger partial charge in [-0.05, 0) is 41.6 Å². The Morgan fingerprint density at radius 1 is 1.20 bits per heavy atom. The van der Waals surface area contributed by atoms with Crippen molar-refractivity contribution in [1.82, 2.24) is 9.29 Å². The minimum absolute atomic E-state index is 0.0183. The molecule has 1 aliphatic heterocycles. The van der Waals surface area contributed by atoms with Gasteiger partial charge in [0.05, 0.1) is 17.0 Å². The molecule has 9 heteroatoms. The fourth-order valence-corrected chi connectivity index (χ4v) is 6.71. The smallest absolute Gasteiger partial charge is 0.243 e. The first-order chi connectivity index (χ1) is 14.4. The summed E-state index contributed by atoms with van der Waals surface area (Å²) in [6.07, 6.45) is 0.888. The minimum atomic E-state index is -3.51. The first-order valence-corrected chi connectivity index (χ1v) is 13.1. The van der Waals surface area contributed by atoms with Crippen molar-refractivity contribution < 1.29 is 13.2 Å². The summed E-state index contributed by atoms with van der Waals surface area (Å²) in [5, 5.41) is 6.91. The number of amides is 1. The highest BCUT2D eigenvalue weighted by atomic mass is 32.2. The Kier molecular flexibility index (Phi) is 6.06. The Morgan fingerprint density at radius 3 is 2.70 bits per heavy atom. The van der Waals surface area contributed by atoms with Gasteiger partial charge in [-0.2, -0.15) is 15.6 Å². The number of fused-ring (bicyclic) bond motifs is 1. The van der Waals surface area contributed by atoms with E-state index in [2.05, 4.69) is 4.98 Å². The highest BCUT2D eigenvalue weighted by Crippen LogP contribution is 2.32. The summed E-state index contributed by atoms with van der Waals surface area (Å²) < 4.78 is 27.0. The fraction of sp³-hybridized carbons (Fsp3) is 0.333. The summed E-state index contributed by atoms with van der Waals surface area (Å²) in [6, 6.07) is 7.10. The van der Waals surface area contributed by atoms with Crippen LogP contribution in [0.1, 0.15) is 25.1 Å². The van der Waals surface area contributed by atoms with E-state index in [1.807, 2.05) is 36.1 Å². The van der Waals surface area contributed by atoms with Crippen LogP contribution in [0.25, 0.3) is 10.6 Å². The van der Waals surface area contributed by atoms with Crippen LogP contribution in [0.3, 0.4) is 0 Å². The monoisotopic (exact) mass is 461 g/mol. The molecule has 158 valence electrons. The first kappa shape index (κ1) is 21.2. The van der Waals surface area contributed by atoms with Crippen LogP contribution in [0.4, 0.5) is 5.69 Å². The van der Waals surface area contributed by atoms with E-state index < -0.39 is 10.0 Å². The van der Waals surface area contributed by atoms with E-state index >= 15 is 0 Å². The molecule has 0 bridgehead atoms. The highest BCUT2D eigenvalue weighted by Gasteiger charge is 2.28. The number of carbonyl (C=O) groups excluding carboxylic acids is 1. The lowest BCUT2D eigenvalue weighted by Gasteiger charge is -2.20. The standard InChI is InChI=1S/C21H23N3O3S3/c1-3-23(4-2)30(26,27)18-5-6-19-15(11-18)7-9-24(19)20(25)12-17-14-29-21(22-17)16-8-10-28-13-16/h5-6,8,10-11,13-14H,3-4,7,9,12H2,1-2H3. The van der Waals surface area contributed by atoms with E-state index in [9.17, 15) is 13.2 Å². The second-order valence-corrected chi connectivity index (χ2v) is 10.6. The van der Waals surface area contributed by atoms with Crippen LogP contribution in [-0.2, 0) is 27.7 Å². The summed E-state index contributed by atoms with van der Waals surface area (Å²) >= 11 is 3.17. The van der Waals surface area contributed by atoms with Crippen molar-refractivity contribution in [3.63, 3.8) is 0 Å². The van der Waals surface area contributed by atoms with Gasteiger partial charge in [-0.3, -0.25) is 4.79 Å². The van der Waals surface area contributed by atoms with Gasteiger partial charge >= 0.3 is 0 Å². The van der Waals surface area contributed by atoms with E-state index in [0.29, 0.717) is 31.0 Å². The number of nitrogens with zero attached hydrogens (tertiary/aromatic N) is 3. The maximum Gasteiger partial charge on any atom is 0.243 e. The molecule has 0 fully saturated rings. The lowest BCUT2D eigenvalue weighted by molar-refractivity contribution is -0.117. The highest BCUT2D eigenvalue weighted by molar-refractivity contribution is 7.89. The average Bonchev–Trinajstić information content (AvgIpc) is 3.48. The van der Waals surface area contributed by atoms with Gasteiger partial charge in [0.2, 0.25) is 15.9 Å². The van der Waals surface area contributed by atoms with Crippen molar-refractivity contribution in [2.45, 2.75) is 31.6 Å². The second-order valence-electron chi connectivity index (χ2n) is 7.01. The number of anilines is 1. The Labute approximate surface area is 184 Å². The zero-order valence-corrected chi connectivity index (χ0v) is 19.3. The maximum atomic E-state index is 12.9. The van der Waals surface area contributed by atoms with Gasteiger partial charge in [0, 0.05) is 41.6 Å². The molecule has 2 aromatic heterocycles. The number of aromatic nitrogens is 1. The molecule has 6 nitrogen and oxygen atoms in total. The Balaban J connectivity index is 1.51. The molecule has 0 unspecified atom stereocenters. The number of benzene rings is 1. The first-order valence-electron chi connectivity index (χ1n) is 9.84. The number of sulfonamides is 1. The van der Waals surface area contributed by atoms with Gasteiger partial charge < -0.3 is 4.90 Å². The van der Waals surface area contributed by atoms with E-state index in [-0.39, 0.29) is 12.3 Å². The van der Waals surface area contributed by atoms with E-state index in [1.54, 1.807) is 45.8 Å². The SMILES string of the molecule is CCN(CC)S(=O)(=O)c1ccc2c(c1)CCN2C(=O)Cc1csc(-c2ccsc2)n1. The number of hydrogen-bond acceptors (Lipinski definition) is 6. The number of carbonyl (C=O) groups is 1. The third kappa shape index (κ3) is 3.94. The topological polar surface area (TPSA) is 70.6 Å². The summed E-state index contributed by atoms with van der Waals surface area (Å²) in [5.74, 6) is -0.0183. The molecule has 0 atom stereocenters. The summed E-state index contributed by atoms with van der Waals surface area (Å²) in [7, 11) is -3.51. The average molecular weight is 462 g/mol. The molecular formula is C21H23N3O3S3. The summed E-state index contributed by atoms with van der Waals surface area (Å²) in [5.41, 5.74) is 3.54. The van der Waals surface area contributed by atoms with Crippen LogP contribution < -0.4 is 4.90 Å². The molecule has 1 aliphatic rings. The number of thiophene rings is 1. The summed E-state index contributed by atoms with van der Waals surface area (Å²) in [4.78, 5) is 19.6. The molecule has 0 saturated heterocycles. The van der Waals surface area contributed by atoms with Crippen molar-refractivity contribution in [1.29, 1.82) is 0 Å². The number of rotatable bonds is 7. The van der Waals surface area contributed by atoms with E-state index in [0.717, 1.165) is 27.5 Å². The molecule has 0 aliphatic carbocycles. The quantitative estimate of drug-likeness (QED) is 0.533. The third-order valence-corrected chi connectivity index (χ3v) is 8.91. The molecule has 0 saturated carbocycles. The Bertz CT molecular complexity index is 1150. The predicted octanol–water partition coefficient (Wildman–Crippen LogP) is 4.03. The Morgan fingerprint density at radius 2 is 2.00 bits per heavy atom. The van der Waals surface area contributed by atoms with Crippen LogP contribution in [-0.4, -0.2) is 43.2 Å².